The Hall–Kier alpha value is -2.23. The Balaban J connectivity index is 1.62. The number of imidazole rings is 1. The second kappa shape index (κ2) is 4.40. The van der Waals surface area contributed by atoms with Crippen LogP contribution in [0.2, 0.25) is 0 Å². The van der Waals surface area contributed by atoms with Crippen molar-refractivity contribution in [1.82, 2.24) is 9.97 Å². The Labute approximate surface area is 117 Å². The summed E-state index contributed by atoms with van der Waals surface area (Å²) < 4.78 is 0. The molecule has 2 aliphatic rings. The van der Waals surface area contributed by atoms with E-state index in [0.29, 0.717) is 6.42 Å². The van der Waals surface area contributed by atoms with Gasteiger partial charge in [0, 0.05) is 30.7 Å². The highest BCUT2D eigenvalue weighted by molar-refractivity contribution is 6.44. The predicted octanol–water partition coefficient (Wildman–Crippen LogP) is 2.80. The molecule has 2 heterocycles. The molecule has 4 rings (SSSR count). The minimum atomic E-state index is 0.0189. The lowest BCUT2D eigenvalue weighted by Gasteiger charge is -2.25. The molecule has 100 valence electrons. The molecule has 1 saturated carbocycles. The molecule has 2 aromatic rings. The average Bonchev–Trinajstić information content (AvgIpc) is 3.09. The summed E-state index contributed by atoms with van der Waals surface area (Å²) in [6.45, 7) is 0. The Bertz CT molecular complexity index is 688. The zero-order valence-corrected chi connectivity index (χ0v) is 11.0. The largest absolute Gasteiger partial charge is 0.349 e. The van der Waals surface area contributed by atoms with Crippen molar-refractivity contribution in [3.05, 3.63) is 48.0 Å². The van der Waals surface area contributed by atoms with E-state index in [2.05, 4.69) is 21.0 Å². The van der Waals surface area contributed by atoms with Gasteiger partial charge in [-0.25, -0.2) is 9.98 Å². The molecule has 1 aromatic carbocycles. The smallest absolute Gasteiger partial charge is 0.181 e. The normalized spacial score (nSPS) is 24.2. The number of hydrogen-bond acceptors (Lipinski definition) is 3. The first-order valence-corrected chi connectivity index (χ1v) is 7.03. The van der Waals surface area contributed by atoms with E-state index in [0.717, 1.165) is 30.1 Å². The van der Waals surface area contributed by atoms with Crippen LogP contribution in [-0.2, 0) is 11.2 Å². The van der Waals surface area contributed by atoms with Crippen molar-refractivity contribution in [2.24, 2.45) is 10.9 Å². The van der Waals surface area contributed by atoms with Gasteiger partial charge in [0.1, 0.15) is 5.82 Å². The molecule has 0 bridgehead atoms. The van der Waals surface area contributed by atoms with Crippen molar-refractivity contribution in [1.29, 1.82) is 0 Å². The number of Topliss-reactive ketones (excluding diaryl/α,β-unsaturated/α-hetero) is 1. The van der Waals surface area contributed by atoms with Crippen LogP contribution in [0.15, 0.2) is 41.7 Å². The topological polar surface area (TPSA) is 58.1 Å². The van der Waals surface area contributed by atoms with E-state index in [1.54, 1.807) is 12.4 Å². The number of para-hydroxylation sites is 1. The van der Waals surface area contributed by atoms with Gasteiger partial charge in [-0.15, -0.1) is 0 Å². The van der Waals surface area contributed by atoms with Gasteiger partial charge < -0.3 is 4.98 Å². The quantitative estimate of drug-likeness (QED) is 0.907. The Morgan fingerprint density at radius 3 is 3.00 bits per heavy atom. The maximum Gasteiger partial charge on any atom is 0.181 e. The van der Waals surface area contributed by atoms with Crippen LogP contribution >= 0.6 is 0 Å². The zero-order valence-electron chi connectivity index (χ0n) is 11.0. The first kappa shape index (κ1) is 11.6. The second-order valence-electron chi connectivity index (χ2n) is 5.49. The van der Waals surface area contributed by atoms with E-state index < -0.39 is 0 Å². The number of aromatic nitrogens is 2. The van der Waals surface area contributed by atoms with E-state index in [4.69, 9.17) is 0 Å². The van der Waals surface area contributed by atoms with E-state index in [-0.39, 0.29) is 17.6 Å². The molecule has 1 fully saturated rings. The SMILES string of the molecule is O=C1C2=Nc3ccccc3C2CCC1Cc1ncc[nH]1. The maximum atomic E-state index is 12.6. The number of carbonyl (C=O) groups is 1. The minimum absolute atomic E-state index is 0.0189. The van der Waals surface area contributed by atoms with Gasteiger partial charge in [0.2, 0.25) is 0 Å². The van der Waals surface area contributed by atoms with E-state index >= 15 is 0 Å². The summed E-state index contributed by atoms with van der Waals surface area (Å²) in [5, 5.41) is 0. The van der Waals surface area contributed by atoms with Crippen LogP contribution < -0.4 is 0 Å². The molecular formula is C16H15N3O. The van der Waals surface area contributed by atoms with Crippen LogP contribution in [0.5, 0.6) is 0 Å². The number of carbonyl (C=O) groups excluding carboxylic acids is 1. The molecule has 4 heteroatoms. The molecule has 0 saturated heterocycles. The number of benzene rings is 1. The zero-order chi connectivity index (χ0) is 13.5. The molecule has 1 aliphatic heterocycles. The summed E-state index contributed by atoms with van der Waals surface area (Å²) in [5.74, 6) is 1.32. The fourth-order valence-electron chi connectivity index (χ4n) is 3.30. The highest BCUT2D eigenvalue weighted by Crippen LogP contribution is 2.42. The molecule has 20 heavy (non-hydrogen) atoms. The second-order valence-corrected chi connectivity index (χ2v) is 5.49. The van der Waals surface area contributed by atoms with E-state index in [9.17, 15) is 4.79 Å². The van der Waals surface area contributed by atoms with Gasteiger partial charge in [0.25, 0.3) is 0 Å². The molecule has 0 amide bonds. The van der Waals surface area contributed by atoms with Crippen LogP contribution in [0.3, 0.4) is 0 Å². The molecule has 2 atom stereocenters. The molecule has 1 aromatic heterocycles. The molecule has 1 aliphatic carbocycles. The fourth-order valence-corrected chi connectivity index (χ4v) is 3.30. The number of aliphatic imine (C=N–C) groups is 1. The van der Waals surface area contributed by atoms with Crippen molar-refractivity contribution < 1.29 is 4.79 Å². The summed E-state index contributed by atoms with van der Waals surface area (Å²) in [4.78, 5) is 24.5. The number of ketones is 1. The fraction of sp³-hybridized carbons (Fsp3) is 0.312. The number of H-pyrrole nitrogens is 1. The minimum Gasteiger partial charge on any atom is -0.349 e. The highest BCUT2D eigenvalue weighted by atomic mass is 16.1. The number of nitrogens with zero attached hydrogens (tertiary/aromatic N) is 2. The van der Waals surface area contributed by atoms with Crippen LogP contribution in [-0.4, -0.2) is 21.5 Å². The van der Waals surface area contributed by atoms with Gasteiger partial charge >= 0.3 is 0 Å². The summed E-state index contributed by atoms with van der Waals surface area (Å²) in [6, 6.07) is 8.09. The lowest BCUT2D eigenvalue weighted by atomic mass is 9.76. The standard InChI is InChI=1S/C16H15N3O/c20-16-10(9-14-17-7-8-18-14)5-6-12-11-3-1-2-4-13(11)19-15(12)16/h1-4,7-8,10,12H,5-6,9H2,(H,17,18). The van der Waals surface area contributed by atoms with Gasteiger partial charge in [-0.1, -0.05) is 18.2 Å². The van der Waals surface area contributed by atoms with Crippen LogP contribution in [0, 0.1) is 5.92 Å². The summed E-state index contributed by atoms with van der Waals surface area (Å²) >= 11 is 0. The van der Waals surface area contributed by atoms with Gasteiger partial charge in [-0.3, -0.25) is 4.79 Å². The third-order valence-corrected chi connectivity index (χ3v) is 4.30. The van der Waals surface area contributed by atoms with E-state index in [1.165, 1.54) is 5.56 Å². The number of fused-ring (bicyclic) bond motifs is 3. The first-order valence-electron chi connectivity index (χ1n) is 7.03. The van der Waals surface area contributed by atoms with Crippen molar-refractivity contribution in [2.45, 2.75) is 25.2 Å². The number of nitrogens with one attached hydrogen (secondary N) is 1. The lowest BCUT2D eigenvalue weighted by Crippen LogP contribution is -2.34. The van der Waals surface area contributed by atoms with Gasteiger partial charge in [0.15, 0.2) is 5.78 Å². The Kier molecular flexibility index (Phi) is 2.55. The third kappa shape index (κ3) is 1.72. The first-order chi connectivity index (χ1) is 9.83. The summed E-state index contributed by atoms with van der Waals surface area (Å²) in [6.07, 6.45) is 6.14. The van der Waals surface area contributed by atoms with Crippen LogP contribution in [0.1, 0.15) is 30.1 Å². The molecule has 0 radical (unpaired) electrons. The molecule has 0 spiro atoms. The van der Waals surface area contributed by atoms with Crippen molar-refractivity contribution >= 4 is 17.2 Å². The monoisotopic (exact) mass is 265 g/mol. The van der Waals surface area contributed by atoms with Gasteiger partial charge in [0.05, 0.1) is 11.4 Å². The predicted molar refractivity (Wildman–Crippen MR) is 76.3 cm³/mol. The molecule has 1 N–H and O–H groups in total. The Morgan fingerprint density at radius 1 is 1.25 bits per heavy atom. The van der Waals surface area contributed by atoms with Crippen molar-refractivity contribution in [3.63, 3.8) is 0 Å². The van der Waals surface area contributed by atoms with Crippen molar-refractivity contribution in [2.75, 3.05) is 0 Å². The summed E-state index contributed by atoms with van der Waals surface area (Å²) in [7, 11) is 0. The van der Waals surface area contributed by atoms with Crippen LogP contribution in [0.25, 0.3) is 0 Å². The molecular weight excluding hydrogens is 250 g/mol. The number of hydrogen-bond donors (Lipinski definition) is 1. The third-order valence-electron chi connectivity index (χ3n) is 4.30. The van der Waals surface area contributed by atoms with Crippen molar-refractivity contribution in [3.8, 4) is 0 Å². The highest BCUT2D eigenvalue weighted by Gasteiger charge is 2.39. The number of aromatic amines is 1. The van der Waals surface area contributed by atoms with E-state index in [1.807, 2.05) is 18.2 Å². The van der Waals surface area contributed by atoms with Gasteiger partial charge in [-0.05, 0) is 24.5 Å². The maximum absolute atomic E-state index is 12.6. The van der Waals surface area contributed by atoms with Gasteiger partial charge in [-0.2, -0.15) is 0 Å². The number of rotatable bonds is 2. The summed E-state index contributed by atoms with van der Waals surface area (Å²) in [5.41, 5.74) is 2.95. The molecule has 4 nitrogen and oxygen atoms in total. The molecule has 2 unspecified atom stereocenters. The average molecular weight is 265 g/mol. The van der Waals surface area contributed by atoms with Crippen LogP contribution in [0.4, 0.5) is 5.69 Å². The lowest BCUT2D eigenvalue weighted by molar-refractivity contribution is -0.117. The Morgan fingerprint density at radius 2 is 2.15 bits per heavy atom.